The Kier molecular flexibility index (Phi) is 6.97. The molecule has 170 valence electrons. The smallest absolute Gasteiger partial charge is 0.395 e. The molecule has 1 aliphatic rings. The Morgan fingerprint density at radius 3 is 2.65 bits per heavy atom. The van der Waals surface area contributed by atoms with Gasteiger partial charge < -0.3 is 14.8 Å². The van der Waals surface area contributed by atoms with Gasteiger partial charge >= 0.3 is 6.29 Å². The number of rotatable bonds is 9. The monoisotopic (exact) mass is 473 g/mol. The number of thioether (sulfide) groups is 1. The summed E-state index contributed by atoms with van der Waals surface area (Å²) >= 11 is 1.71. The first-order valence-electron chi connectivity index (χ1n) is 9.60. The number of aryl methyl sites for hydroxylation is 1. The molecule has 7 nitrogen and oxygen atoms in total. The van der Waals surface area contributed by atoms with Crippen molar-refractivity contribution in [3.05, 3.63) is 41.6 Å². The van der Waals surface area contributed by atoms with E-state index in [1.54, 1.807) is 24.8 Å². The maximum atomic E-state index is 13.3. The summed E-state index contributed by atoms with van der Waals surface area (Å²) in [5.74, 6) is 1.01. The van der Waals surface area contributed by atoms with Gasteiger partial charge in [-0.05, 0) is 62.1 Å². The zero-order chi connectivity index (χ0) is 22.8. The number of aromatic nitrogens is 1. The van der Waals surface area contributed by atoms with Crippen LogP contribution in [0.3, 0.4) is 0 Å². The number of nitrogens with one attached hydrogen (secondary N) is 1. The van der Waals surface area contributed by atoms with Gasteiger partial charge in [-0.2, -0.15) is 16.1 Å². The van der Waals surface area contributed by atoms with Crippen LogP contribution in [-0.4, -0.2) is 49.1 Å². The van der Waals surface area contributed by atoms with E-state index in [-0.39, 0.29) is 29.0 Å². The summed E-state index contributed by atoms with van der Waals surface area (Å²) in [6, 6.07) is 7.40. The third kappa shape index (κ3) is 5.58. The van der Waals surface area contributed by atoms with Gasteiger partial charge in [0.05, 0.1) is 0 Å². The van der Waals surface area contributed by atoms with Crippen LogP contribution < -0.4 is 14.8 Å². The summed E-state index contributed by atoms with van der Waals surface area (Å²) in [7, 11) is -2.48. The van der Waals surface area contributed by atoms with Gasteiger partial charge in [-0.3, -0.25) is 0 Å². The molecule has 0 fully saturated rings. The van der Waals surface area contributed by atoms with Crippen molar-refractivity contribution >= 4 is 27.6 Å². The molecule has 0 aliphatic carbocycles. The molecule has 0 saturated heterocycles. The number of anilines is 1. The fraction of sp³-hybridized carbons (Fsp3) is 0.450. The fourth-order valence-corrected chi connectivity index (χ4v) is 4.89. The van der Waals surface area contributed by atoms with Crippen molar-refractivity contribution < 1.29 is 26.7 Å². The highest BCUT2D eigenvalue weighted by Crippen LogP contribution is 2.41. The van der Waals surface area contributed by atoms with Gasteiger partial charge in [0, 0.05) is 25.3 Å². The van der Waals surface area contributed by atoms with Gasteiger partial charge in [-0.1, -0.05) is 6.07 Å². The van der Waals surface area contributed by atoms with Gasteiger partial charge in [-0.25, -0.2) is 13.4 Å². The van der Waals surface area contributed by atoms with Crippen LogP contribution in [0.25, 0.3) is 0 Å². The van der Waals surface area contributed by atoms with Crippen molar-refractivity contribution in [2.24, 2.45) is 0 Å². The zero-order valence-corrected chi connectivity index (χ0v) is 19.3. The first-order chi connectivity index (χ1) is 14.5. The van der Waals surface area contributed by atoms with Gasteiger partial charge in [0.25, 0.3) is 0 Å². The summed E-state index contributed by atoms with van der Waals surface area (Å²) in [5.41, 5.74) is 1.17. The Morgan fingerprint density at radius 2 is 1.94 bits per heavy atom. The molecule has 1 unspecified atom stereocenters. The van der Waals surface area contributed by atoms with E-state index in [0.717, 1.165) is 16.5 Å². The van der Waals surface area contributed by atoms with E-state index in [1.807, 2.05) is 13.2 Å². The number of ether oxygens (including phenoxy) is 2. The molecular weight excluding hydrogens is 448 g/mol. The Balaban J connectivity index is 1.82. The van der Waals surface area contributed by atoms with Crippen molar-refractivity contribution in [1.29, 1.82) is 0 Å². The molecule has 0 saturated carbocycles. The highest BCUT2D eigenvalue weighted by atomic mass is 32.2. The number of sulfonamides is 1. The average Bonchev–Trinajstić information content (AvgIpc) is 2.99. The van der Waals surface area contributed by atoms with Gasteiger partial charge in [0.1, 0.15) is 10.7 Å². The minimum absolute atomic E-state index is 0.0385. The largest absolute Gasteiger partial charge is 0.586 e. The average molecular weight is 474 g/mol. The van der Waals surface area contributed by atoms with E-state index >= 15 is 0 Å². The number of fused-ring (bicyclic) bond motifs is 1. The lowest BCUT2D eigenvalue weighted by Gasteiger charge is -2.21. The molecule has 31 heavy (non-hydrogen) atoms. The van der Waals surface area contributed by atoms with Gasteiger partial charge in [-0.15, -0.1) is 8.78 Å². The van der Waals surface area contributed by atoms with Crippen LogP contribution in [0.5, 0.6) is 11.5 Å². The second kappa shape index (κ2) is 9.17. The molecule has 1 aromatic heterocycles. The number of halogens is 2. The molecule has 0 spiro atoms. The predicted molar refractivity (Wildman–Crippen MR) is 116 cm³/mol. The third-order valence-electron chi connectivity index (χ3n) is 4.69. The number of hydrogen-bond donors (Lipinski definition) is 1. The Hall–Kier alpha value is -2.11. The van der Waals surface area contributed by atoms with Crippen LogP contribution in [0, 0.1) is 6.92 Å². The number of nitrogens with zero attached hydrogens (tertiary/aromatic N) is 2. The van der Waals surface area contributed by atoms with Crippen LogP contribution in [-0.2, 0) is 16.6 Å². The normalized spacial score (nSPS) is 15.8. The quantitative estimate of drug-likeness (QED) is 0.588. The number of benzene rings is 1. The van der Waals surface area contributed by atoms with E-state index < -0.39 is 16.3 Å². The van der Waals surface area contributed by atoms with Crippen molar-refractivity contribution in [2.45, 2.75) is 44.0 Å². The number of alkyl halides is 2. The Labute approximate surface area is 185 Å². The molecule has 0 bridgehead atoms. The third-order valence-corrected chi connectivity index (χ3v) is 7.17. The van der Waals surface area contributed by atoms with E-state index in [0.29, 0.717) is 17.1 Å². The molecule has 11 heteroatoms. The molecule has 0 amide bonds. The summed E-state index contributed by atoms with van der Waals surface area (Å²) in [4.78, 5) is 4.46. The molecule has 1 aromatic carbocycles. The first-order valence-corrected chi connectivity index (χ1v) is 12.4. The summed E-state index contributed by atoms with van der Waals surface area (Å²) in [6.07, 6.45) is -0.853. The van der Waals surface area contributed by atoms with Crippen LogP contribution in [0.2, 0.25) is 0 Å². The SMILES string of the molecule is CSCCC(C)Nc1nc(C)ccc1S(=O)(=O)N(C)Cc1ccc2c(c1)OC(F)(F)O2. The first kappa shape index (κ1) is 23.6. The predicted octanol–water partition coefficient (Wildman–Crippen LogP) is 4.09. The molecule has 2 aromatic rings. The molecule has 1 atom stereocenters. The molecule has 1 aliphatic heterocycles. The molecular formula is C20H25F2N3O4S2. The standard InChI is InChI=1S/C20H25F2N3O4S2/c1-13-5-8-18(19(23-13)24-14(2)9-10-30-4)31(26,27)25(3)12-15-6-7-16-17(11-15)29-20(21,22)28-16/h5-8,11,14H,9-10,12H2,1-4H3,(H,23,24). The molecule has 3 rings (SSSR count). The van der Waals surface area contributed by atoms with Crippen molar-refractivity contribution in [3.8, 4) is 11.5 Å². The second-order valence-corrected chi connectivity index (χ2v) is 10.3. The van der Waals surface area contributed by atoms with Crippen LogP contribution >= 0.6 is 11.8 Å². The van der Waals surface area contributed by atoms with E-state index in [1.165, 1.54) is 31.3 Å². The molecule has 0 radical (unpaired) electrons. The van der Waals surface area contributed by atoms with Crippen LogP contribution in [0.4, 0.5) is 14.6 Å². The maximum Gasteiger partial charge on any atom is 0.586 e. The lowest BCUT2D eigenvalue weighted by molar-refractivity contribution is -0.286. The van der Waals surface area contributed by atoms with Crippen molar-refractivity contribution in [1.82, 2.24) is 9.29 Å². The number of hydrogen-bond acceptors (Lipinski definition) is 7. The maximum absolute atomic E-state index is 13.3. The summed E-state index contributed by atoms with van der Waals surface area (Å²) in [5, 5.41) is 3.20. The van der Waals surface area contributed by atoms with E-state index in [4.69, 9.17) is 0 Å². The lowest BCUT2D eigenvalue weighted by atomic mass is 10.2. The van der Waals surface area contributed by atoms with E-state index in [2.05, 4.69) is 19.8 Å². The summed E-state index contributed by atoms with van der Waals surface area (Å²) in [6.45, 7) is 3.73. The Bertz CT molecular complexity index is 1050. The van der Waals surface area contributed by atoms with E-state index in [9.17, 15) is 17.2 Å². The Morgan fingerprint density at radius 1 is 1.23 bits per heavy atom. The molecule has 1 N–H and O–H groups in total. The number of pyridine rings is 1. The topological polar surface area (TPSA) is 80.8 Å². The minimum atomic E-state index is -3.90. The van der Waals surface area contributed by atoms with Gasteiger partial charge in [0.2, 0.25) is 10.0 Å². The lowest BCUT2D eigenvalue weighted by Crippen LogP contribution is -2.28. The van der Waals surface area contributed by atoms with Crippen LogP contribution in [0.1, 0.15) is 24.6 Å². The van der Waals surface area contributed by atoms with Crippen molar-refractivity contribution in [2.75, 3.05) is 24.4 Å². The fourth-order valence-electron chi connectivity index (χ4n) is 3.06. The highest BCUT2D eigenvalue weighted by molar-refractivity contribution is 7.98. The second-order valence-electron chi connectivity index (χ2n) is 7.34. The molecule has 2 heterocycles. The summed E-state index contributed by atoms with van der Waals surface area (Å²) < 4.78 is 63.0. The minimum Gasteiger partial charge on any atom is -0.395 e. The van der Waals surface area contributed by atoms with Crippen LogP contribution in [0.15, 0.2) is 35.2 Å². The highest BCUT2D eigenvalue weighted by Gasteiger charge is 2.43. The zero-order valence-electron chi connectivity index (χ0n) is 17.7. The van der Waals surface area contributed by atoms with Gasteiger partial charge in [0.15, 0.2) is 11.5 Å². The van der Waals surface area contributed by atoms with Crippen molar-refractivity contribution in [3.63, 3.8) is 0 Å².